The van der Waals surface area contributed by atoms with Crippen LogP contribution in [-0.2, 0) is 19.6 Å². The number of alkyl halides is 3. The fourth-order valence-corrected chi connectivity index (χ4v) is 4.17. The molecule has 0 aliphatic carbocycles. The summed E-state index contributed by atoms with van der Waals surface area (Å²) in [5.74, 6) is 0.308. The van der Waals surface area contributed by atoms with Crippen molar-refractivity contribution in [2.45, 2.75) is 32.4 Å². The number of piperidine rings is 1. The minimum atomic E-state index is -4.31. The number of halogens is 3. The van der Waals surface area contributed by atoms with Gasteiger partial charge < -0.3 is 9.80 Å². The fraction of sp³-hybridized carbons (Fsp3) is 0.545. The highest BCUT2D eigenvalue weighted by molar-refractivity contribution is 5.92. The molecule has 1 aromatic carbocycles. The van der Waals surface area contributed by atoms with Crippen molar-refractivity contribution in [1.29, 1.82) is 0 Å². The van der Waals surface area contributed by atoms with E-state index in [0.29, 0.717) is 30.1 Å². The molecule has 0 bridgehead atoms. The van der Waals surface area contributed by atoms with E-state index in [1.807, 2.05) is 14.0 Å². The Morgan fingerprint density at radius 1 is 1.30 bits per heavy atom. The Hall–Kier alpha value is -2.35. The van der Waals surface area contributed by atoms with Crippen LogP contribution in [0, 0.1) is 12.8 Å². The predicted octanol–water partition coefficient (Wildman–Crippen LogP) is 3.77. The molecular formula is C22H29F3N4O. The molecule has 1 aliphatic heterocycles. The van der Waals surface area contributed by atoms with Gasteiger partial charge in [-0.05, 0) is 56.3 Å². The summed E-state index contributed by atoms with van der Waals surface area (Å²) in [7, 11) is 3.58. The normalized spacial score (nSPS) is 17.9. The van der Waals surface area contributed by atoms with Crippen LogP contribution in [0.3, 0.4) is 0 Å². The summed E-state index contributed by atoms with van der Waals surface area (Å²) in [5, 5.41) is 4.24. The van der Waals surface area contributed by atoms with Crippen molar-refractivity contribution in [3.05, 3.63) is 52.8 Å². The summed E-state index contributed by atoms with van der Waals surface area (Å²) in [5.41, 5.74) is 1.49. The zero-order valence-electron chi connectivity index (χ0n) is 17.7. The second-order valence-corrected chi connectivity index (χ2v) is 8.24. The van der Waals surface area contributed by atoms with Crippen molar-refractivity contribution in [1.82, 2.24) is 19.6 Å². The molecule has 1 fully saturated rings. The molecular weight excluding hydrogens is 393 g/mol. The molecule has 0 N–H and O–H groups in total. The Balaban J connectivity index is 1.53. The standard InChI is InChI=1S/C22H29F3N4O/c1-16-12-20(28(3)26-16)21(30)27(2)14-18-7-5-10-29(15-18)11-9-17-6-4-8-19(13-17)22(23,24)25/h4,6,8,12-13,18H,5,7,9-11,14-15H2,1-3H3/t18-/m0/s1. The number of hydrogen-bond acceptors (Lipinski definition) is 3. The van der Waals surface area contributed by atoms with Crippen molar-refractivity contribution in [3.8, 4) is 0 Å². The first-order valence-corrected chi connectivity index (χ1v) is 10.3. The smallest absolute Gasteiger partial charge is 0.340 e. The Morgan fingerprint density at radius 3 is 2.73 bits per heavy atom. The van der Waals surface area contributed by atoms with Crippen molar-refractivity contribution in [2.75, 3.05) is 33.2 Å². The van der Waals surface area contributed by atoms with Crippen LogP contribution in [0.25, 0.3) is 0 Å². The van der Waals surface area contributed by atoms with E-state index in [1.165, 1.54) is 12.1 Å². The van der Waals surface area contributed by atoms with Gasteiger partial charge in [0.25, 0.3) is 5.91 Å². The second kappa shape index (κ2) is 9.20. The van der Waals surface area contributed by atoms with Crippen molar-refractivity contribution < 1.29 is 18.0 Å². The summed E-state index contributed by atoms with van der Waals surface area (Å²) < 4.78 is 40.3. The van der Waals surface area contributed by atoms with Crippen LogP contribution in [0.4, 0.5) is 13.2 Å². The topological polar surface area (TPSA) is 41.4 Å². The van der Waals surface area contributed by atoms with Crippen LogP contribution >= 0.6 is 0 Å². The molecule has 1 amide bonds. The van der Waals surface area contributed by atoms with Gasteiger partial charge in [0.1, 0.15) is 5.69 Å². The van der Waals surface area contributed by atoms with E-state index in [9.17, 15) is 18.0 Å². The van der Waals surface area contributed by atoms with Gasteiger partial charge in [-0.3, -0.25) is 9.48 Å². The number of aryl methyl sites for hydroxylation is 2. The third kappa shape index (κ3) is 5.62. The van der Waals surface area contributed by atoms with Gasteiger partial charge in [0.15, 0.2) is 0 Å². The van der Waals surface area contributed by atoms with Gasteiger partial charge in [0, 0.05) is 33.7 Å². The van der Waals surface area contributed by atoms with E-state index >= 15 is 0 Å². The molecule has 30 heavy (non-hydrogen) atoms. The Bertz CT molecular complexity index is 878. The highest BCUT2D eigenvalue weighted by Gasteiger charge is 2.30. The molecule has 164 valence electrons. The number of rotatable bonds is 6. The van der Waals surface area contributed by atoms with Crippen molar-refractivity contribution in [2.24, 2.45) is 13.0 Å². The number of carbonyl (C=O) groups is 1. The van der Waals surface area contributed by atoms with E-state index in [4.69, 9.17) is 0 Å². The lowest BCUT2D eigenvalue weighted by Gasteiger charge is -2.34. The van der Waals surface area contributed by atoms with E-state index < -0.39 is 11.7 Å². The molecule has 5 nitrogen and oxygen atoms in total. The SMILES string of the molecule is Cc1cc(C(=O)N(C)C[C@@H]2CCCN(CCc3cccc(C(F)(F)F)c3)C2)n(C)n1. The van der Waals surface area contributed by atoms with E-state index in [1.54, 1.807) is 28.8 Å². The van der Waals surface area contributed by atoms with Crippen LogP contribution in [0.5, 0.6) is 0 Å². The van der Waals surface area contributed by atoms with Crippen LogP contribution in [0.15, 0.2) is 30.3 Å². The first-order chi connectivity index (χ1) is 14.1. The third-order valence-corrected chi connectivity index (χ3v) is 5.67. The fourth-order valence-electron chi connectivity index (χ4n) is 4.17. The first-order valence-electron chi connectivity index (χ1n) is 10.3. The molecule has 1 aliphatic rings. The number of nitrogens with zero attached hydrogens (tertiary/aromatic N) is 4. The Kier molecular flexibility index (Phi) is 6.85. The van der Waals surface area contributed by atoms with Gasteiger partial charge in [-0.25, -0.2) is 0 Å². The Labute approximate surface area is 175 Å². The molecule has 1 saturated heterocycles. The monoisotopic (exact) mass is 422 g/mol. The molecule has 8 heteroatoms. The van der Waals surface area contributed by atoms with Gasteiger partial charge in [-0.2, -0.15) is 18.3 Å². The maximum Gasteiger partial charge on any atom is 0.416 e. The van der Waals surface area contributed by atoms with Crippen LogP contribution < -0.4 is 0 Å². The molecule has 2 heterocycles. The highest BCUT2D eigenvalue weighted by Crippen LogP contribution is 2.29. The van der Waals surface area contributed by atoms with Gasteiger partial charge in [0.05, 0.1) is 11.3 Å². The number of benzene rings is 1. The highest BCUT2D eigenvalue weighted by atomic mass is 19.4. The largest absolute Gasteiger partial charge is 0.416 e. The molecule has 0 spiro atoms. The van der Waals surface area contributed by atoms with Gasteiger partial charge in [-0.1, -0.05) is 18.2 Å². The van der Waals surface area contributed by atoms with E-state index in [0.717, 1.165) is 44.2 Å². The molecule has 0 radical (unpaired) electrons. The summed E-state index contributed by atoms with van der Waals surface area (Å²) in [6.45, 7) is 5.02. The van der Waals surface area contributed by atoms with E-state index in [2.05, 4.69) is 10.00 Å². The number of hydrogen-bond donors (Lipinski definition) is 0. The maximum absolute atomic E-state index is 12.9. The zero-order valence-corrected chi connectivity index (χ0v) is 17.7. The van der Waals surface area contributed by atoms with Gasteiger partial charge >= 0.3 is 6.18 Å². The minimum absolute atomic E-state index is 0.0424. The molecule has 1 aromatic heterocycles. The number of aromatic nitrogens is 2. The summed E-state index contributed by atoms with van der Waals surface area (Å²) in [4.78, 5) is 16.8. The zero-order chi connectivity index (χ0) is 21.9. The number of amides is 1. The summed E-state index contributed by atoms with van der Waals surface area (Å²) in [6, 6.07) is 7.36. The average molecular weight is 422 g/mol. The summed E-state index contributed by atoms with van der Waals surface area (Å²) >= 11 is 0. The lowest BCUT2D eigenvalue weighted by Crippen LogP contribution is -2.42. The summed E-state index contributed by atoms with van der Waals surface area (Å²) in [6.07, 6.45) is -1.66. The second-order valence-electron chi connectivity index (χ2n) is 8.24. The quantitative estimate of drug-likeness (QED) is 0.712. The molecule has 0 saturated carbocycles. The van der Waals surface area contributed by atoms with Crippen LogP contribution in [-0.4, -0.2) is 58.7 Å². The predicted molar refractivity (Wildman–Crippen MR) is 109 cm³/mol. The first kappa shape index (κ1) is 22.3. The molecule has 0 unspecified atom stereocenters. The average Bonchev–Trinajstić information content (AvgIpc) is 3.03. The number of likely N-dealkylation sites (tertiary alicyclic amines) is 1. The van der Waals surface area contributed by atoms with Crippen molar-refractivity contribution >= 4 is 5.91 Å². The van der Waals surface area contributed by atoms with Gasteiger partial charge in [-0.15, -0.1) is 0 Å². The lowest BCUT2D eigenvalue weighted by atomic mass is 9.96. The minimum Gasteiger partial charge on any atom is -0.340 e. The number of carbonyl (C=O) groups excluding carboxylic acids is 1. The van der Waals surface area contributed by atoms with Crippen LogP contribution in [0.1, 0.15) is 40.2 Å². The third-order valence-electron chi connectivity index (χ3n) is 5.67. The molecule has 3 rings (SSSR count). The van der Waals surface area contributed by atoms with Crippen molar-refractivity contribution in [3.63, 3.8) is 0 Å². The van der Waals surface area contributed by atoms with E-state index in [-0.39, 0.29) is 5.91 Å². The lowest BCUT2D eigenvalue weighted by molar-refractivity contribution is -0.137. The van der Waals surface area contributed by atoms with Gasteiger partial charge in [0.2, 0.25) is 0 Å². The van der Waals surface area contributed by atoms with Crippen LogP contribution in [0.2, 0.25) is 0 Å². The molecule has 2 aromatic rings. The molecule has 1 atom stereocenters. The maximum atomic E-state index is 12.9. The Morgan fingerprint density at radius 2 is 2.07 bits per heavy atom.